The molecule has 1 aliphatic heterocycles. The van der Waals surface area contributed by atoms with Crippen LogP contribution in [0.1, 0.15) is 26.5 Å². The van der Waals surface area contributed by atoms with Gasteiger partial charge in [-0.15, -0.1) is 0 Å². The second kappa shape index (κ2) is 8.56. The maximum atomic E-state index is 12.6. The molecule has 1 aromatic heterocycles. The Morgan fingerprint density at radius 2 is 2.04 bits per heavy atom. The fourth-order valence-corrected chi connectivity index (χ4v) is 2.67. The minimum atomic E-state index is -0.539. The molecule has 0 radical (unpaired) electrons. The molecule has 1 saturated heterocycles. The summed E-state index contributed by atoms with van der Waals surface area (Å²) in [7, 11) is 0. The van der Waals surface area contributed by atoms with Crippen LogP contribution in [0.3, 0.4) is 0 Å². The highest BCUT2D eigenvalue weighted by Gasteiger charge is 2.43. The number of quaternary nitrogens is 1. The Labute approximate surface area is 154 Å². The van der Waals surface area contributed by atoms with Crippen molar-refractivity contribution in [3.05, 3.63) is 30.1 Å². The molecule has 6 nitrogen and oxygen atoms in total. The average Bonchev–Trinajstić information content (AvgIpc) is 2.49. The van der Waals surface area contributed by atoms with Gasteiger partial charge in [0.2, 0.25) is 0 Å². The molecule has 1 aliphatic rings. The van der Waals surface area contributed by atoms with E-state index in [1.54, 1.807) is 6.20 Å². The van der Waals surface area contributed by atoms with E-state index in [9.17, 15) is 4.79 Å². The molecule has 0 bridgehead atoms. The number of carbonyl (C=O) groups is 1. The van der Waals surface area contributed by atoms with Crippen molar-refractivity contribution >= 4 is 6.09 Å². The molecule has 0 spiro atoms. The first-order valence-electron chi connectivity index (χ1n) is 7.93. The normalized spacial score (nSPS) is 17.4. The minimum Gasteiger partial charge on any atom is -1.00 e. The third-order valence-corrected chi connectivity index (χ3v) is 3.95. The maximum absolute atomic E-state index is 12.6. The average molecular weight is 397 g/mol. The van der Waals surface area contributed by atoms with Gasteiger partial charge in [-0.1, -0.05) is 6.07 Å². The molecule has 7 heteroatoms. The fraction of sp³-hybridized carbons (Fsp3) is 0.588. The fourth-order valence-electron chi connectivity index (χ4n) is 2.67. The Bertz CT molecular complexity index is 572. The van der Waals surface area contributed by atoms with Crippen molar-refractivity contribution in [3.8, 4) is 6.07 Å². The Hall–Kier alpha value is -1.49. The highest BCUT2D eigenvalue weighted by molar-refractivity contribution is 5.60. The summed E-state index contributed by atoms with van der Waals surface area (Å²) < 4.78 is 5.63. The lowest BCUT2D eigenvalue weighted by atomic mass is 10.2. The Morgan fingerprint density at radius 3 is 2.54 bits per heavy atom. The number of amides is 1. The van der Waals surface area contributed by atoms with Gasteiger partial charge in [-0.3, -0.25) is 9.88 Å². The Kier molecular flexibility index (Phi) is 7.33. The highest BCUT2D eigenvalue weighted by Crippen LogP contribution is 2.20. The van der Waals surface area contributed by atoms with E-state index in [0.29, 0.717) is 13.1 Å². The Morgan fingerprint density at radius 1 is 1.38 bits per heavy atom. The molecule has 0 aromatic carbocycles. The summed E-state index contributed by atoms with van der Waals surface area (Å²) in [5.41, 5.74) is 0.480. The maximum Gasteiger partial charge on any atom is 0.517 e. The van der Waals surface area contributed by atoms with Crippen LogP contribution in [0.25, 0.3) is 0 Å². The molecular weight excluding hydrogens is 372 g/mol. The molecule has 0 N–H and O–H groups in total. The van der Waals surface area contributed by atoms with Gasteiger partial charge in [0.1, 0.15) is 24.8 Å². The molecule has 2 heterocycles. The lowest BCUT2D eigenvalue weighted by Gasteiger charge is -2.40. The molecule has 1 aromatic rings. The van der Waals surface area contributed by atoms with Crippen LogP contribution in [0.4, 0.5) is 4.79 Å². The van der Waals surface area contributed by atoms with Crippen LogP contribution in [0.15, 0.2) is 24.4 Å². The van der Waals surface area contributed by atoms with Gasteiger partial charge in [0.15, 0.2) is 6.54 Å². The number of pyridine rings is 1. The van der Waals surface area contributed by atoms with Crippen LogP contribution in [-0.4, -0.2) is 58.8 Å². The summed E-state index contributed by atoms with van der Waals surface area (Å²) in [5, 5.41) is 9.14. The van der Waals surface area contributed by atoms with Crippen molar-refractivity contribution in [1.29, 1.82) is 5.26 Å². The quantitative estimate of drug-likeness (QED) is 0.493. The lowest BCUT2D eigenvalue weighted by molar-refractivity contribution is -0.856. The first-order chi connectivity index (χ1) is 10.8. The zero-order chi connectivity index (χ0) is 16.9. The minimum absolute atomic E-state index is 0. The van der Waals surface area contributed by atoms with Crippen LogP contribution >= 0.6 is 0 Å². The van der Waals surface area contributed by atoms with Crippen molar-refractivity contribution in [3.63, 3.8) is 0 Å². The van der Waals surface area contributed by atoms with Crippen LogP contribution in [0.5, 0.6) is 0 Å². The van der Waals surface area contributed by atoms with Gasteiger partial charge in [-0.05, 0) is 32.9 Å². The summed E-state index contributed by atoms with van der Waals surface area (Å²) >= 11 is 0. The summed E-state index contributed by atoms with van der Waals surface area (Å²) in [6, 6.07) is 8.02. The monoisotopic (exact) mass is 396 g/mol. The van der Waals surface area contributed by atoms with Gasteiger partial charge in [0.25, 0.3) is 0 Å². The molecule has 132 valence electrons. The van der Waals surface area contributed by atoms with Crippen LogP contribution in [0, 0.1) is 11.3 Å². The largest absolute Gasteiger partial charge is 1.00 e. The number of nitrogens with zero attached hydrogens (tertiary/aromatic N) is 4. The summed E-state index contributed by atoms with van der Waals surface area (Å²) in [4.78, 5) is 19.2. The molecule has 1 fully saturated rings. The van der Waals surface area contributed by atoms with E-state index in [2.05, 4.69) is 16.0 Å². The molecule has 1 amide bonds. The van der Waals surface area contributed by atoms with Crippen molar-refractivity contribution in [2.24, 2.45) is 0 Å². The molecule has 0 atom stereocenters. The van der Waals surface area contributed by atoms with E-state index in [0.717, 1.165) is 25.3 Å². The number of halogens is 1. The summed E-state index contributed by atoms with van der Waals surface area (Å²) in [5.74, 6) is 0. The molecular formula is C17H25BrN4O2. The van der Waals surface area contributed by atoms with Crippen molar-refractivity contribution < 1.29 is 31.0 Å². The number of ether oxygens (including phenoxy) is 1. The number of rotatable bonds is 3. The van der Waals surface area contributed by atoms with Gasteiger partial charge in [-0.25, -0.2) is 4.48 Å². The molecule has 2 rings (SSSR count). The van der Waals surface area contributed by atoms with E-state index >= 15 is 0 Å². The van der Waals surface area contributed by atoms with E-state index < -0.39 is 5.60 Å². The number of aromatic nitrogens is 1. The first kappa shape index (κ1) is 20.6. The van der Waals surface area contributed by atoms with Crippen molar-refractivity contribution in [2.45, 2.75) is 32.9 Å². The van der Waals surface area contributed by atoms with Gasteiger partial charge in [-0.2, -0.15) is 10.1 Å². The number of piperazine rings is 1. The number of nitriles is 1. The second-order valence-corrected chi connectivity index (χ2v) is 6.99. The molecule has 0 saturated carbocycles. The zero-order valence-electron chi connectivity index (χ0n) is 14.5. The zero-order valence-corrected chi connectivity index (χ0v) is 16.1. The smallest absolute Gasteiger partial charge is 0.517 e. The molecule has 24 heavy (non-hydrogen) atoms. The first-order valence-corrected chi connectivity index (χ1v) is 7.93. The number of hydrogen-bond donors (Lipinski definition) is 0. The second-order valence-electron chi connectivity index (χ2n) is 6.99. The molecule has 0 unspecified atom stereocenters. The van der Waals surface area contributed by atoms with E-state index in [-0.39, 0.29) is 34.1 Å². The van der Waals surface area contributed by atoms with Gasteiger partial charge in [0, 0.05) is 25.8 Å². The highest BCUT2D eigenvalue weighted by atomic mass is 79.9. The standard InChI is InChI=1S/C17H25N4O2.BrH/c1-17(2,3)23-16(22)21(11-7-18)12-9-20(10-13-21)14-15-6-4-5-8-19-15;/h4-6,8H,9-14H2,1-3H3;1H/q+1;/p-1. The van der Waals surface area contributed by atoms with Crippen LogP contribution < -0.4 is 17.0 Å². The van der Waals surface area contributed by atoms with E-state index in [4.69, 9.17) is 10.00 Å². The van der Waals surface area contributed by atoms with Crippen LogP contribution in [-0.2, 0) is 11.3 Å². The predicted molar refractivity (Wildman–Crippen MR) is 86.2 cm³/mol. The van der Waals surface area contributed by atoms with E-state index in [1.165, 1.54) is 0 Å². The third kappa shape index (κ3) is 5.55. The predicted octanol–water partition coefficient (Wildman–Crippen LogP) is -0.823. The summed E-state index contributed by atoms with van der Waals surface area (Å²) in [6.07, 6.45) is 1.49. The summed E-state index contributed by atoms with van der Waals surface area (Å²) in [6.45, 7) is 9.16. The third-order valence-electron chi connectivity index (χ3n) is 3.95. The van der Waals surface area contributed by atoms with Gasteiger partial charge in [0.05, 0.1) is 5.69 Å². The molecule has 0 aliphatic carbocycles. The lowest BCUT2D eigenvalue weighted by Crippen LogP contribution is -3.00. The number of carbonyl (C=O) groups excluding carboxylic acids is 1. The van der Waals surface area contributed by atoms with Gasteiger partial charge >= 0.3 is 6.09 Å². The van der Waals surface area contributed by atoms with Gasteiger partial charge < -0.3 is 21.7 Å². The van der Waals surface area contributed by atoms with Crippen molar-refractivity contribution in [1.82, 2.24) is 9.88 Å². The Balaban J connectivity index is 0.00000288. The van der Waals surface area contributed by atoms with E-state index in [1.807, 2.05) is 39.0 Å². The van der Waals surface area contributed by atoms with Crippen LogP contribution in [0.2, 0.25) is 0 Å². The van der Waals surface area contributed by atoms with Crippen molar-refractivity contribution in [2.75, 3.05) is 32.7 Å². The number of hydrogen-bond acceptors (Lipinski definition) is 5. The SMILES string of the molecule is CC(C)(C)OC(=O)[N+]1(CC#N)CCN(Cc2ccccn2)CC1.[Br-]. The topological polar surface area (TPSA) is 66.2 Å².